The van der Waals surface area contributed by atoms with Gasteiger partial charge >= 0.3 is 0 Å². The smallest absolute Gasteiger partial charge is 0.231 e. The van der Waals surface area contributed by atoms with Crippen molar-refractivity contribution in [2.24, 2.45) is 0 Å². The molecule has 1 aliphatic heterocycles. The highest BCUT2D eigenvalue weighted by Crippen LogP contribution is 2.43. The Morgan fingerprint density at radius 1 is 1.08 bits per heavy atom. The van der Waals surface area contributed by atoms with Crippen molar-refractivity contribution in [2.75, 3.05) is 6.79 Å². The molecule has 1 N–H and O–H groups in total. The maximum Gasteiger partial charge on any atom is 0.231 e. The standard InChI is InChI=1S/C16H20N2O2.2C2H6.H2/c1-5-10-6-7-11(14-13(10)19-9-20-14)12-8-17-15(18-12)16(2,3)4;2*1-2;/h6-8H,5,9H2,1-4H3,(H,17,18);2*1-2H3;1H. The number of hydrogen-bond acceptors (Lipinski definition) is 3. The lowest BCUT2D eigenvalue weighted by molar-refractivity contribution is 0.173. The average Bonchev–Trinajstić information content (AvgIpc) is 3.27. The van der Waals surface area contributed by atoms with Crippen molar-refractivity contribution < 1.29 is 10.9 Å². The molecule has 1 aliphatic rings. The Balaban J connectivity index is 0.00000108. The number of aromatic amines is 1. The second kappa shape index (κ2) is 8.76. The molecule has 0 aliphatic carbocycles. The molecule has 0 spiro atoms. The fraction of sp³-hybridized carbons (Fsp3) is 0.550. The fourth-order valence-electron chi connectivity index (χ4n) is 2.38. The number of rotatable bonds is 2. The first-order chi connectivity index (χ1) is 11.5. The normalized spacial score (nSPS) is 12.0. The largest absolute Gasteiger partial charge is 0.453 e. The highest BCUT2D eigenvalue weighted by molar-refractivity contribution is 5.73. The van der Waals surface area contributed by atoms with Gasteiger partial charge in [0.15, 0.2) is 11.5 Å². The molecule has 1 aromatic carbocycles. The van der Waals surface area contributed by atoms with Gasteiger partial charge < -0.3 is 14.5 Å². The molecule has 0 amide bonds. The van der Waals surface area contributed by atoms with Crippen LogP contribution < -0.4 is 9.47 Å². The molecule has 3 rings (SSSR count). The zero-order chi connectivity index (χ0) is 18.3. The van der Waals surface area contributed by atoms with Gasteiger partial charge in [0.05, 0.1) is 11.9 Å². The van der Waals surface area contributed by atoms with Gasteiger partial charge in [-0.05, 0) is 18.1 Å². The topological polar surface area (TPSA) is 47.1 Å². The van der Waals surface area contributed by atoms with Gasteiger partial charge in [-0.15, -0.1) is 0 Å². The summed E-state index contributed by atoms with van der Waals surface area (Å²) in [4.78, 5) is 7.87. The molecule has 0 bridgehead atoms. The predicted molar refractivity (Wildman–Crippen MR) is 103 cm³/mol. The van der Waals surface area contributed by atoms with Crippen molar-refractivity contribution in [1.82, 2.24) is 9.97 Å². The fourth-order valence-corrected chi connectivity index (χ4v) is 2.38. The van der Waals surface area contributed by atoms with Crippen molar-refractivity contribution >= 4 is 0 Å². The molecule has 0 saturated heterocycles. The molecule has 0 fully saturated rings. The zero-order valence-corrected chi connectivity index (χ0v) is 16.4. The Morgan fingerprint density at radius 2 is 1.71 bits per heavy atom. The molecule has 4 nitrogen and oxygen atoms in total. The molecular formula is C20H34N2O2. The number of fused-ring (bicyclic) bond motifs is 1. The summed E-state index contributed by atoms with van der Waals surface area (Å²) in [6.45, 7) is 16.8. The first-order valence-electron chi connectivity index (χ1n) is 8.98. The zero-order valence-electron chi connectivity index (χ0n) is 16.4. The number of aryl methyl sites for hydroxylation is 1. The van der Waals surface area contributed by atoms with E-state index in [1.54, 1.807) is 0 Å². The average molecular weight is 335 g/mol. The molecule has 1 aromatic heterocycles. The van der Waals surface area contributed by atoms with E-state index in [1.165, 1.54) is 5.56 Å². The minimum atomic E-state index is 0. The van der Waals surface area contributed by atoms with E-state index in [4.69, 9.17) is 9.47 Å². The predicted octanol–water partition coefficient (Wildman–Crippen LogP) is 5.96. The summed E-state index contributed by atoms with van der Waals surface area (Å²) in [6, 6.07) is 4.17. The third kappa shape index (κ3) is 4.11. The lowest BCUT2D eigenvalue weighted by Gasteiger charge is -2.14. The van der Waals surface area contributed by atoms with Crippen LogP contribution >= 0.6 is 0 Å². The number of nitrogens with one attached hydrogen (secondary N) is 1. The van der Waals surface area contributed by atoms with E-state index in [9.17, 15) is 0 Å². The third-order valence-electron chi connectivity index (χ3n) is 3.56. The van der Waals surface area contributed by atoms with E-state index in [1.807, 2.05) is 33.9 Å². The number of hydrogen-bond donors (Lipinski definition) is 1. The van der Waals surface area contributed by atoms with E-state index in [2.05, 4.69) is 49.8 Å². The van der Waals surface area contributed by atoms with Crippen LogP contribution in [0.4, 0.5) is 0 Å². The van der Waals surface area contributed by atoms with E-state index >= 15 is 0 Å². The Bertz CT molecular complexity index is 646. The number of ether oxygens (including phenoxy) is 2. The highest BCUT2D eigenvalue weighted by Gasteiger charge is 2.24. The lowest BCUT2D eigenvalue weighted by atomic mass is 9.96. The molecule has 136 valence electrons. The molecule has 0 unspecified atom stereocenters. The second-order valence-corrected chi connectivity index (χ2v) is 6.09. The van der Waals surface area contributed by atoms with Crippen molar-refractivity contribution in [3.8, 4) is 22.8 Å². The molecule has 2 heterocycles. The molecule has 0 atom stereocenters. The minimum Gasteiger partial charge on any atom is -0.453 e. The maximum absolute atomic E-state index is 5.65. The van der Waals surface area contributed by atoms with E-state index < -0.39 is 0 Å². The summed E-state index contributed by atoms with van der Waals surface area (Å²) in [5.74, 6) is 2.67. The summed E-state index contributed by atoms with van der Waals surface area (Å²) < 4.78 is 11.3. The molecular weight excluding hydrogens is 300 g/mol. The van der Waals surface area contributed by atoms with Gasteiger partial charge in [0.25, 0.3) is 0 Å². The van der Waals surface area contributed by atoms with E-state index in [0.29, 0.717) is 6.79 Å². The van der Waals surface area contributed by atoms with Crippen molar-refractivity contribution in [1.29, 1.82) is 0 Å². The van der Waals surface area contributed by atoms with Gasteiger partial charge in [0.1, 0.15) is 5.82 Å². The Morgan fingerprint density at radius 3 is 2.25 bits per heavy atom. The van der Waals surface area contributed by atoms with Crippen LogP contribution in [0.1, 0.15) is 68.2 Å². The third-order valence-corrected chi connectivity index (χ3v) is 3.56. The van der Waals surface area contributed by atoms with Gasteiger partial charge in [-0.2, -0.15) is 0 Å². The van der Waals surface area contributed by atoms with E-state index in [-0.39, 0.29) is 6.84 Å². The minimum absolute atomic E-state index is 0. The van der Waals surface area contributed by atoms with Crippen molar-refractivity contribution in [3.05, 3.63) is 29.7 Å². The Hall–Kier alpha value is -1.97. The number of benzene rings is 1. The summed E-state index contributed by atoms with van der Waals surface area (Å²) in [5.41, 5.74) is 3.16. The molecule has 2 aromatic rings. The van der Waals surface area contributed by atoms with Crippen LogP contribution in [-0.2, 0) is 11.8 Å². The summed E-state index contributed by atoms with van der Waals surface area (Å²) in [7, 11) is 0. The molecule has 0 saturated carbocycles. The lowest BCUT2D eigenvalue weighted by Crippen LogP contribution is -2.13. The van der Waals surface area contributed by atoms with Gasteiger partial charge in [-0.3, -0.25) is 0 Å². The van der Waals surface area contributed by atoms with E-state index in [0.717, 1.165) is 35.0 Å². The monoisotopic (exact) mass is 334 g/mol. The van der Waals surface area contributed by atoms with Crippen LogP contribution in [0, 0.1) is 0 Å². The van der Waals surface area contributed by atoms with Crippen LogP contribution in [0.15, 0.2) is 18.3 Å². The number of nitrogens with zero attached hydrogens (tertiary/aromatic N) is 1. The highest BCUT2D eigenvalue weighted by atomic mass is 16.7. The molecule has 4 heteroatoms. The summed E-state index contributed by atoms with van der Waals surface area (Å²) in [6.07, 6.45) is 2.80. The van der Waals surface area contributed by atoms with Crippen LogP contribution in [0.2, 0.25) is 0 Å². The number of aromatic nitrogens is 2. The van der Waals surface area contributed by atoms with Crippen molar-refractivity contribution in [2.45, 2.75) is 67.2 Å². The maximum atomic E-state index is 5.65. The molecule has 24 heavy (non-hydrogen) atoms. The van der Waals surface area contributed by atoms with Crippen LogP contribution in [0.5, 0.6) is 11.5 Å². The second-order valence-electron chi connectivity index (χ2n) is 6.09. The van der Waals surface area contributed by atoms with Crippen LogP contribution in [0.3, 0.4) is 0 Å². The van der Waals surface area contributed by atoms with Gasteiger partial charge in [-0.25, -0.2) is 4.98 Å². The first-order valence-corrected chi connectivity index (χ1v) is 8.98. The molecule has 0 radical (unpaired) electrons. The van der Waals surface area contributed by atoms with Gasteiger partial charge in [0.2, 0.25) is 6.79 Å². The van der Waals surface area contributed by atoms with Gasteiger partial charge in [0, 0.05) is 12.4 Å². The first kappa shape index (κ1) is 20.1. The van der Waals surface area contributed by atoms with Crippen LogP contribution in [0.25, 0.3) is 11.3 Å². The SMILES string of the molecule is CC.CC.CCc1ccc(-c2cnc(C(C)(C)C)[nH]2)c2c1OCO2.[HH]. The number of imidazole rings is 1. The summed E-state index contributed by atoms with van der Waals surface area (Å²) in [5, 5.41) is 0. The quantitative estimate of drug-likeness (QED) is 0.736. The number of H-pyrrole nitrogens is 1. The van der Waals surface area contributed by atoms with Gasteiger partial charge in [-0.1, -0.05) is 61.5 Å². The van der Waals surface area contributed by atoms with Crippen molar-refractivity contribution in [3.63, 3.8) is 0 Å². The van der Waals surface area contributed by atoms with Crippen LogP contribution in [-0.4, -0.2) is 16.8 Å². The Kier molecular flexibility index (Phi) is 7.33. The summed E-state index contributed by atoms with van der Waals surface area (Å²) >= 11 is 0. The Labute approximate surface area is 148 Å².